The van der Waals surface area contributed by atoms with Gasteiger partial charge in [-0.3, -0.25) is 4.79 Å². The first-order valence-electron chi connectivity index (χ1n) is 8.10. The summed E-state index contributed by atoms with van der Waals surface area (Å²) in [5.74, 6) is -0.577. The highest BCUT2D eigenvalue weighted by atomic mass is 79.9. The zero-order valence-electron chi connectivity index (χ0n) is 15.0. The van der Waals surface area contributed by atoms with E-state index in [9.17, 15) is 26.4 Å². The zero-order valence-corrected chi connectivity index (χ0v) is 17.5. The van der Waals surface area contributed by atoms with E-state index < -0.39 is 27.7 Å². The second-order valence-electron chi connectivity index (χ2n) is 6.09. The molecule has 0 aliphatic carbocycles. The summed E-state index contributed by atoms with van der Waals surface area (Å²) in [5, 5.41) is 2.52. The third kappa shape index (κ3) is 5.12. The van der Waals surface area contributed by atoms with Crippen molar-refractivity contribution in [3.8, 4) is 0 Å². The van der Waals surface area contributed by atoms with E-state index in [4.69, 9.17) is 0 Å². The molecule has 0 aliphatic heterocycles. The molecule has 0 bridgehead atoms. The van der Waals surface area contributed by atoms with Crippen molar-refractivity contribution in [2.75, 3.05) is 20.6 Å². The Bertz CT molecular complexity index is 976. The first-order valence-corrected chi connectivity index (χ1v) is 10.3. The number of rotatable bonds is 6. The minimum Gasteiger partial charge on any atom is -0.352 e. The Balaban J connectivity index is 2.14. The van der Waals surface area contributed by atoms with Gasteiger partial charge >= 0.3 is 6.18 Å². The van der Waals surface area contributed by atoms with Crippen molar-refractivity contribution in [3.63, 3.8) is 0 Å². The normalized spacial score (nSPS) is 12.2. The molecule has 152 valence electrons. The van der Waals surface area contributed by atoms with E-state index in [-0.39, 0.29) is 29.0 Å². The molecule has 2 rings (SSSR count). The standard InChI is InChI=1S/C18H18BrF3N2O3S/c1-24(2)28(26,27)16-11-13(7-8-15(16)19)17(25)23-10-9-12-5-3-4-6-14(12)18(20,21)22/h3-8,11H,9-10H2,1-2H3,(H,23,25). The minimum atomic E-state index is -4.47. The number of nitrogens with zero attached hydrogens (tertiary/aromatic N) is 1. The van der Waals surface area contributed by atoms with Crippen molar-refractivity contribution < 1.29 is 26.4 Å². The molecule has 5 nitrogen and oxygen atoms in total. The lowest BCUT2D eigenvalue weighted by molar-refractivity contribution is -0.138. The Morgan fingerprint density at radius 1 is 1.14 bits per heavy atom. The Morgan fingerprint density at radius 3 is 2.39 bits per heavy atom. The van der Waals surface area contributed by atoms with Crippen molar-refractivity contribution in [2.24, 2.45) is 0 Å². The largest absolute Gasteiger partial charge is 0.416 e. The molecule has 1 N–H and O–H groups in total. The van der Waals surface area contributed by atoms with Gasteiger partial charge in [0.05, 0.1) is 10.5 Å². The van der Waals surface area contributed by atoms with Crippen molar-refractivity contribution in [1.29, 1.82) is 0 Å². The minimum absolute atomic E-state index is 0.0131. The fourth-order valence-corrected chi connectivity index (χ4v) is 4.31. The van der Waals surface area contributed by atoms with Gasteiger partial charge in [-0.2, -0.15) is 13.2 Å². The molecule has 2 aromatic rings. The number of benzene rings is 2. The molecule has 0 heterocycles. The fraction of sp³-hybridized carbons (Fsp3) is 0.278. The molecule has 0 spiro atoms. The van der Waals surface area contributed by atoms with Gasteiger partial charge in [-0.1, -0.05) is 18.2 Å². The van der Waals surface area contributed by atoms with Crippen LogP contribution in [0.4, 0.5) is 13.2 Å². The van der Waals surface area contributed by atoms with E-state index in [0.29, 0.717) is 4.47 Å². The van der Waals surface area contributed by atoms with Crippen LogP contribution >= 0.6 is 15.9 Å². The second-order valence-corrected chi connectivity index (χ2v) is 9.07. The molecule has 0 radical (unpaired) electrons. The van der Waals surface area contributed by atoms with Crippen LogP contribution in [0.3, 0.4) is 0 Å². The number of carbonyl (C=O) groups is 1. The summed E-state index contributed by atoms with van der Waals surface area (Å²) in [4.78, 5) is 12.2. The lowest BCUT2D eigenvalue weighted by Gasteiger charge is -2.15. The van der Waals surface area contributed by atoms with Crippen LogP contribution in [0.5, 0.6) is 0 Å². The summed E-state index contributed by atoms with van der Waals surface area (Å²) >= 11 is 3.15. The van der Waals surface area contributed by atoms with Crippen LogP contribution in [0.15, 0.2) is 51.8 Å². The average Bonchev–Trinajstić information content (AvgIpc) is 2.61. The van der Waals surface area contributed by atoms with Gasteiger partial charge in [0.1, 0.15) is 0 Å². The van der Waals surface area contributed by atoms with E-state index >= 15 is 0 Å². The van der Waals surface area contributed by atoms with Crippen LogP contribution < -0.4 is 5.32 Å². The van der Waals surface area contributed by atoms with E-state index in [1.54, 1.807) is 0 Å². The predicted molar refractivity (Wildman–Crippen MR) is 102 cm³/mol. The molecule has 0 aliphatic rings. The molecule has 0 atom stereocenters. The fourth-order valence-electron chi connectivity index (χ4n) is 2.47. The molecule has 0 fully saturated rings. The van der Waals surface area contributed by atoms with Crippen LogP contribution in [-0.2, 0) is 22.6 Å². The van der Waals surface area contributed by atoms with Crippen LogP contribution in [0.25, 0.3) is 0 Å². The van der Waals surface area contributed by atoms with E-state index in [1.807, 2.05) is 0 Å². The highest BCUT2D eigenvalue weighted by Crippen LogP contribution is 2.32. The summed E-state index contributed by atoms with van der Waals surface area (Å²) in [6, 6.07) is 9.24. The van der Waals surface area contributed by atoms with Gasteiger partial charge in [0.25, 0.3) is 5.91 Å². The maximum Gasteiger partial charge on any atom is 0.416 e. The number of hydrogen-bond donors (Lipinski definition) is 1. The predicted octanol–water partition coefficient (Wildman–Crippen LogP) is 3.69. The molecule has 1 amide bonds. The SMILES string of the molecule is CN(C)S(=O)(=O)c1cc(C(=O)NCCc2ccccc2C(F)(F)F)ccc1Br. The molecule has 0 unspecified atom stereocenters. The molecular weight excluding hydrogens is 461 g/mol. The van der Waals surface area contributed by atoms with Crippen molar-refractivity contribution in [2.45, 2.75) is 17.5 Å². The number of sulfonamides is 1. The summed E-state index contributed by atoms with van der Waals surface area (Å²) in [7, 11) is -1.03. The number of halogens is 4. The van der Waals surface area contributed by atoms with Crippen LogP contribution in [-0.4, -0.2) is 39.3 Å². The van der Waals surface area contributed by atoms with E-state index in [1.165, 1.54) is 50.5 Å². The van der Waals surface area contributed by atoms with Gasteiger partial charge in [0, 0.05) is 30.7 Å². The molecule has 0 aromatic heterocycles. The molecule has 0 saturated heterocycles. The first-order chi connectivity index (χ1) is 12.9. The molecule has 2 aromatic carbocycles. The van der Waals surface area contributed by atoms with Crippen molar-refractivity contribution >= 4 is 31.9 Å². The average molecular weight is 479 g/mol. The second kappa shape index (κ2) is 8.62. The van der Waals surface area contributed by atoms with E-state index in [0.717, 1.165) is 10.4 Å². The van der Waals surface area contributed by atoms with Gasteiger partial charge in [-0.05, 0) is 52.2 Å². The van der Waals surface area contributed by atoms with Gasteiger partial charge in [0.15, 0.2) is 0 Å². The smallest absolute Gasteiger partial charge is 0.352 e. The summed E-state index contributed by atoms with van der Waals surface area (Å²) in [6.45, 7) is -0.0300. The van der Waals surface area contributed by atoms with Gasteiger partial charge < -0.3 is 5.32 Å². The zero-order chi connectivity index (χ0) is 21.1. The van der Waals surface area contributed by atoms with Crippen molar-refractivity contribution in [1.82, 2.24) is 9.62 Å². The van der Waals surface area contributed by atoms with Crippen molar-refractivity contribution in [3.05, 3.63) is 63.6 Å². The topological polar surface area (TPSA) is 66.5 Å². The maximum atomic E-state index is 13.0. The molecule has 28 heavy (non-hydrogen) atoms. The lowest BCUT2D eigenvalue weighted by atomic mass is 10.0. The number of nitrogens with one attached hydrogen (secondary N) is 1. The summed E-state index contributed by atoms with van der Waals surface area (Å²) in [6.07, 6.45) is -4.48. The number of alkyl halides is 3. The Morgan fingerprint density at radius 2 is 1.79 bits per heavy atom. The van der Waals surface area contributed by atoms with E-state index in [2.05, 4.69) is 21.2 Å². The van der Waals surface area contributed by atoms with Gasteiger partial charge in [-0.15, -0.1) is 0 Å². The van der Waals surface area contributed by atoms with Crippen LogP contribution in [0.2, 0.25) is 0 Å². The number of amides is 1. The highest BCUT2D eigenvalue weighted by molar-refractivity contribution is 9.10. The molecular formula is C18H18BrF3N2O3S. The summed E-state index contributed by atoms with van der Waals surface area (Å²) in [5.41, 5.74) is -0.582. The quantitative estimate of drug-likeness (QED) is 0.688. The Labute approximate surface area is 169 Å². The monoisotopic (exact) mass is 478 g/mol. The van der Waals surface area contributed by atoms with Crippen LogP contribution in [0.1, 0.15) is 21.5 Å². The lowest BCUT2D eigenvalue weighted by Crippen LogP contribution is -2.27. The third-order valence-corrected chi connectivity index (χ3v) is 6.76. The molecule has 0 saturated carbocycles. The maximum absolute atomic E-state index is 13.0. The first kappa shape index (κ1) is 22.4. The van der Waals surface area contributed by atoms with Gasteiger partial charge in [-0.25, -0.2) is 12.7 Å². The Hall–Kier alpha value is -1.91. The number of hydrogen-bond acceptors (Lipinski definition) is 3. The third-order valence-electron chi connectivity index (χ3n) is 3.95. The van der Waals surface area contributed by atoms with Crippen LogP contribution in [0, 0.1) is 0 Å². The highest BCUT2D eigenvalue weighted by Gasteiger charge is 2.32. The summed E-state index contributed by atoms with van der Waals surface area (Å²) < 4.78 is 65.0. The molecule has 10 heteroatoms. The van der Waals surface area contributed by atoms with Gasteiger partial charge in [0.2, 0.25) is 10.0 Å². The Kier molecular flexibility index (Phi) is 6.89. The number of carbonyl (C=O) groups excluding carboxylic acids is 1.